The van der Waals surface area contributed by atoms with Gasteiger partial charge in [-0.25, -0.2) is 9.59 Å². The van der Waals surface area contributed by atoms with E-state index in [1.807, 2.05) is 12.1 Å². The number of hydrogen-bond donors (Lipinski definition) is 0. The average Bonchev–Trinajstić information content (AvgIpc) is 3.00. The van der Waals surface area contributed by atoms with Gasteiger partial charge >= 0.3 is 18.1 Å². The lowest BCUT2D eigenvalue weighted by Crippen LogP contribution is -2.33. The minimum atomic E-state index is -4.63. The molecule has 0 bridgehead atoms. The Hall–Kier alpha value is -3.61. The minimum Gasteiger partial charge on any atom is -0.449 e. The predicted molar refractivity (Wildman–Crippen MR) is 164 cm³/mol. The van der Waals surface area contributed by atoms with E-state index in [0.29, 0.717) is 18.4 Å². The van der Waals surface area contributed by atoms with Crippen molar-refractivity contribution in [2.45, 2.75) is 103 Å². The Morgan fingerprint density at radius 1 is 0.628 bits per heavy atom. The number of rotatable bonds is 17. The van der Waals surface area contributed by atoms with Gasteiger partial charge in [-0.05, 0) is 78.8 Å². The molecule has 7 heteroatoms. The summed E-state index contributed by atoms with van der Waals surface area (Å²) >= 11 is 0. The fourth-order valence-electron chi connectivity index (χ4n) is 4.83. The van der Waals surface area contributed by atoms with Crippen LogP contribution in [0.5, 0.6) is 5.75 Å². The summed E-state index contributed by atoms with van der Waals surface area (Å²) in [5.41, 5.74) is 3.66. The average molecular weight is 597 g/mol. The predicted octanol–water partition coefficient (Wildman–Crippen LogP) is 10.5. The van der Waals surface area contributed by atoms with Crippen LogP contribution in [0.25, 0.3) is 11.1 Å². The van der Waals surface area contributed by atoms with Crippen LogP contribution in [0.15, 0.2) is 72.8 Å². The van der Waals surface area contributed by atoms with E-state index in [9.17, 15) is 22.8 Å². The van der Waals surface area contributed by atoms with E-state index >= 15 is 0 Å². The largest absolute Gasteiger partial charge is 0.449 e. The second-order valence-corrected chi connectivity index (χ2v) is 11.0. The first-order valence-corrected chi connectivity index (χ1v) is 15.5. The van der Waals surface area contributed by atoms with Crippen molar-refractivity contribution in [3.63, 3.8) is 0 Å². The van der Waals surface area contributed by atoms with Gasteiger partial charge in [-0.2, -0.15) is 13.2 Å². The Labute approximate surface area is 253 Å². The van der Waals surface area contributed by atoms with Gasteiger partial charge in [0.15, 0.2) is 6.10 Å². The number of benzene rings is 3. The van der Waals surface area contributed by atoms with Crippen LogP contribution in [-0.4, -0.2) is 24.2 Å². The van der Waals surface area contributed by atoms with Crippen molar-refractivity contribution in [3.05, 3.63) is 89.5 Å². The summed E-state index contributed by atoms with van der Waals surface area (Å²) in [6.45, 7) is 4.01. The maximum absolute atomic E-state index is 13.2. The van der Waals surface area contributed by atoms with E-state index in [0.717, 1.165) is 17.5 Å². The highest BCUT2D eigenvalue weighted by Gasteiger charge is 2.42. The molecular weight excluding hydrogens is 553 g/mol. The van der Waals surface area contributed by atoms with Crippen LogP contribution in [0, 0.1) is 0 Å². The summed E-state index contributed by atoms with van der Waals surface area (Å²) in [5, 5.41) is 0. The van der Waals surface area contributed by atoms with E-state index in [2.05, 4.69) is 31.2 Å². The maximum Gasteiger partial charge on any atom is 0.425 e. The van der Waals surface area contributed by atoms with Gasteiger partial charge in [0.05, 0.1) is 11.1 Å². The Morgan fingerprint density at radius 3 is 1.67 bits per heavy atom. The topological polar surface area (TPSA) is 52.6 Å². The smallest absolute Gasteiger partial charge is 0.425 e. The minimum absolute atomic E-state index is 0.0567. The van der Waals surface area contributed by atoms with Crippen LogP contribution >= 0.6 is 0 Å². The molecule has 0 spiro atoms. The zero-order valence-electron chi connectivity index (χ0n) is 25.3. The van der Waals surface area contributed by atoms with Crippen molar-refractivity contribution >= 4 is 11.9 Å². The molecule has 0 N–H and O–H groups in total. The van der Waals surface area contributed by atoms with Crippen molar-refractivity contribution in [2.75, 3.05) is 0 Å². The fourth-order valence-corrected chi connectivity index (χ4v) is 4.83. The highest BCUT2D eigenvalue weighted by atomic mass is 19.4. The molecule has 0 radical (unpaired) electrons. The van der Waals surface area contributed by atoms with Crippen LogP contribution in [0.4, 0.5) is 13.2 Å². The monoisotopic (exact) mass is 596 g/mol. The molecule has 1 atom stereocenters. The second-order valence-electron chi connectivity index (χ2n) is 11.0. The van der Waals surface area contributed by atoms with Gasteiger partial charge in [0, 0.05) is 0 Å². The molecule has 0 saturated carbocycles. The third kappa shape index (κ3) is 11.5. The Bertz CT molecular complexity index is 1250. The fraction of sp³-hybridized carbons (Fsp3) is 0.444. The first-order chi connectivity index (χ1) is 20.7. The number of aryl methyl sites for hydroxylation is 1. The van der Waals surface area contributed by atoms with E-state index in [1.54, 1.807) is 19.1 Å². The van der Waals surface area contributed by atoms with Gasteiger partial charge in [0.2, 0.25) is 0 Å². The van der Waals surface area contributed by atoms with Gasteiger partial charge in [0.25, 0.3) is 0 Å². The molecule has 0 aromatic heterocycles. The molecule has 232 valence electrons. The molecule has 0 saturated heterocycles. The number of hydrogen-bond acceptors (Lipinski definition) is 4. The summed E-state index contributed by atoms with van der Waals surface area (Å²) in [6, 6.07) is 20.9. The Balaban J connectivity index is 1.48. The number of ether oxygens (including phenoxy) is 2. The highest BCUT2D eigenvalue weighted by Crippen LogP contribution is 2.28. The van der Waals surface area contributed by atoms with Gasteiger partial charge in [-0.3, -0.25) is 0 Å². The van der Waals surface area contributed by atoms with Crippen molar-refractivity contribution in [2.24, 2.45) is 0 Å². The zero-order valence-corrected chi connectivity index (χ0v) is 25.3. The van der Waals surface area contributed by atoms with E-state index in [1.165, 1.54) is 81.2 Å². The summed E-state index contributed by atoms with van der Waals surface area (Å²) in [6.07, 6.45) is 5.29. The van der Waals surface area contributed by atoms with Crippen LogP contribution in [0.2, 0.25) is 0 Å². The number of unbranched alkanes of at least 4 members (excludes halogenated alkanes) is 8. The third-order valence-electron chi connectivity index (χ3n) is 7.46. The lowest BCUT2D eigenvalue weighted by molar-refractivity contribution is -0.206. The molecule has 3 aromatic rings. The molecule has 0 unspecified atom stereocenters. The quantitative estimate of drug-likeness (QED) is 0.0884. The summed E-state index contributed by atoms with van der Waals surface area (Å²) in [7, 11) is 0. The second kappa shape index (κ2) is 17.5. The molecular formula is C36H43F3O4. The molecule has 3 rings (SSSR count). The molecule has 0 aliphatic carbocycles. The van der Waals surface area contributed by atoms with E-state index in [4.69, 9.17) is 9.47 Å². The zero-order chi connectivity index (χ0) is 31.1. The number of alkyl halides is 3. The number of halogens is 3. The number of carbonyl (C=O) groups excluding carboxylic acids is 2. The lowest BCUT2D eigenvalue weighted by Gasteiger charge is -2.20. The molecule has 43 heavy (non-hydrogen) atoms. The van der Waals surface area contributed by atoms with E-state index in [-0.39, 0.29) is 17.7 Å². The SMILES string of the molecule is CCCCCCCCCCc1ccc(-c2ccc(C(=O)Oc3ccc(C(=O)O[C@H](CCCC)C(F)(F)F)cc3)cc2)cc1. The highest BCUT2D eigenvalue weighted by molar-refractivity contribution is 5.92. The summed E-state index contributed by atoms with van der Waals surface area (Å²) in [4.78, 5) is 24.9. The first kappa shape index (κ1) is 33.9. The van der Waals surface area contributed by atoms with Gasteiger partial charge < -0.3 is 9.47 Å². The maximum atomic E-state index is 13.2. The van der Waals surface area contributed by atoms with Gasteiger partial charge in [0.1, 0.15) is 5.75 Å². The number of carbonyl (C=O) groups is 2. The van der Waals surface area contributed by atoms with Crippen LogP contribution in [0.3, 0.4) is 0 Å². The molecule has 0 amide bonds. The van der Waals surface area contributed by atoms with Crippen LogP contribution in [0.1, 0.15) is 111 Å². The van der Waals surface area contributed by atoms with Crippen molar-refractivity contribution in [1.29, 1.82) is 0 Å². The molecule has 0 aliphatic rings. The number of esters is 2. The van der Waals surface area contributed by atoms with Gasteiger partial charge in [-0.1, -0.05) is 102 Å². The summed E-state index contributed by atoms with van der Waals surface area (Å²) < 4.78 is 49.7. The van der Waals surface area contributed by atoms with Crippen molar-refractivity contribution in [3.8, 4) is 16.9 Å². The molecule has 3 aromatic carbocycles. The third-order valence-corrected chi connectivity index (χ3v) is 7.46. The molecule has 0 fully saturated rings. The van der Waals surface area contributed by atoms with Gasteiger partial charge in [-0.15, -0.1) is 0 Å². The Morgan fingerprint density at radius 2 is 1.12 bits per heavy atom. The van der Waals surface area contributed by atoms with E-state index < -0.39 is 24.2 Å². The molecule has 4 nitrogen and oxygen atoms in total. The Kier molecular flexibility index (Phi) is 13.8. The summed E-state index contributed by atoms with van der Waals surface area (Å²) in [5.74, 6) is -1.50. The van der Waals surface area contributed by atoms with Crippen molar-refractivity contribution in [1.82, 2.24) is 0 Å². The molecule has 0 heterocycles. The van der Waals surface area contributed by atoms with Crippen LogP contribution < -0.4 is 4.74 Å². The van der Waals surface area contributed by atoms with Crippen molar-refractivity contribution < 1.29 is 32.2 Å². The molecule has 0 aliphatic heterocycles. The van der Waals surface area contributed by atoms with Crippen LogP contribution in [-0.2, 0) is 11.2 Å². The lowest BCUT2D eigenvalue weighted by atomic mass is 10.00. The first-order valence-electron chi connectivity index (χ1n) is 15.5. The normalized spacial score (nSPS) is 12.1. The standard InChI is InChI=1S/C36H43F3O4/c1-3-5-7-8-9-10-11-12-13-27-15-17-28(18-16-27)29-19-21-30(22-20-29)34(40)42-32-25-23-31(24-26-32)35(41)43-33(14-6-4-2)36(37,38)39/h15-26,33H,3-14H2,1-2H3/t33-/m1/s1.